The van der Waals surface area contributed by atoms with Crippen molar-refractivity contribution in [3.63, 3.8) is 0 Å². The summed E-state index contributed by atoms with van der Waals surface area (Å²) >= 11 is 1.43. The van der Waals surface area contributed by atoms with Crippen molar-refractivity contribution in [2.75, 3.05) is 12.5 Å². The number of hydrogen-bond donors (Lipinski definition) is 2. The molecule has 0 aliphatic carbocycles. The summed E-state index contributed by atoms with van der Waals surface area (Å²) in [5, 5.41) is 2.25. The third-order valence-corrected chi connectivity index (χ3v) is 6.51. The lowest BCUT2D eigenvalue weighted by atomic mass is 9.98. The first-order chi connectivity index (χ1) is 15.0. The number of β-lactam (4-membered cyclic amide) rings is 1. The highest BCUT2D eigenvalue weighted by Crippen LogP contribution is 2.40. The molecule has 11 heteroatoms. The summed E-state index contributed by atoms with van der Waals surface area (Å²) in [5.74, 6) is -1.68. The number of benzene rings is 1. The SMILES string of the molecule is CC1=C(C(=O)OCOC(=O)C(C)(C)C)N2C(=O)[C@@H](NC(=O)C(N)c3ccccc3)[C@H]2SC1.[Cl-].[H+]. The van der Waals surface area contributed by atoms with Crippen LogP contribution in [0.1, 0.15) is 40.7 Å². The average molecular weight is 498 g/mol. The molecule has 1 unspecified atom stereocenters. The van der Waals surface area contributed by atoms with Crippen molar-refractivity contribution in [3.05, 3.63) is 47.2 Å². The van der Waals surface area contributed by atoms with Crippen LogP contribution in [0.4, 0.5) is 0 Å². The van der Waals surface area contributed by atoms with Gasteiger partial charge in [-0.3, -0.25) is 19.3 Å². The van der Waals surface area contributed by atoms with Gasteiger partial charge in [0.05, 0.1) is 5.41 Å². The third-order valence-electron chi connectivity index (χ3n) is 5.08. The Morgan fingerprint density at radius 2 is 1.88 bits per heavy atom. The van der Waals surface area contributed by atoms with Crippen LogP contribution in [0, 0.1) is 5.41 Å². The van der Waals surface area contributed by atoms with E-state index in [1.165, 1.54) is 16.7 Å². The summed E-state index contributed by atoms with van der Waals surface area (Å²) in [6.07, 6.45) is 0. The van der Waals surface area contributed by atoms with Gasteiger partial charge < -0.3 is 32.9 Å². The summed E-state index contributed by atoms with van der Waals surface area (Å²) in [6.45, 7) is 6.24. The molecule has 2 heterocycles. The summed E-state index contributed by atoms with van der Waals surface area (Å²) < 4.78 is 10.0. The summed E-state index contributed by atoms with van der Waals surface area (Å²) in [7, 11) is 0. The first kappa shape index (κ1) is 26.7. The number of esters is 2. The van der Waals surface area contributed by atoms with Crippen LogP contribution in [0.25, 0.3) is 0 Å². The van der Waals surface area contributed by atoms with Crippen molar-refractivity contribution in [1.82, 2.24) is 10.2 Å². The molecular weight excluding hydrogens is 470 g/mol. The summed E-state index contributed by atoms with van der Waals surface area (Å²) in [5.41, 5.74) is 6.70. The highest BCUT2D eigenvalue weighted by Gasteiger charge is 2.54. The van der Waals surface area contributed by atoms with Gasteiger partial charge in [0.1, 0.15) is 23.2 Å². The molecule has 9 nitrogen and oxygen atoms in total. The fourth-order valence-electron chi connectivity index (χ4n) is 3.24. The highest BCUT2D eigenvalue weighted by molar-refractivity contribution is 8.00. The van der Waals surface area contributed by atoms with Gasteiger partial charge in [0.15, 0.2) is 0 Å². The molecule has 180 valence electrons. The molecule has 0 radical (unpaired) electrons. The molecule has 33 heavy (non-hydrogen) atoms. The minimum atomic E-state index is -0.911. The van der Waals surface area contributed by atoms with Gasteiger partial charge in [0.25, 0.3) is 5.91 Å². The Morgan fingerprint density at radius 3 is 2.48 bits per heavy atom. The molecule has 3 N–H and O–H groups in total. The number of thioether (sulfide) groups is 1. The molecule has 2 amide bonds. The Balaban J connectivity index is 0.00000289. The first-order valence-electron chi connectivity index (χ1n) is 10.1. The van der Waals surface area contributed by atoms with Crippen molar-refractivity contribution >= 4 is 35.5 Å². The number of fused-ring (bicyclic) bond motifs is 1. The van der Waals surface area contributed by atoms with Crippen LogP contribution in [0.5, 0.6) is 0 Å². The molecule has 1 fully saturated rings. The van der Waals surface area contributed by atoms with Crippen LogP contribution in [-0.2, 0) is 28.7 Å². The number of ether oxygens (including phenoxy) is 2. The molecular formula is C22H28ClN3O6S. The number of nitrogens with one attached hydrogen (secondary N) is 1. The number of rotatable bonds is 6. The lowest BCUT2D eigenvalue weighted by molar-refractivity contribution is -0.173. The van der Waals surface area contributed by atoms with Gasteiger partial charge in [-0.2, -0.15) is 0 Å². The number of amides is 2. The third kappa shape index (κ3) is 5.69. The second-order valence-corrected chi connectivity index (χ2v) is 9.75. The molecule has 1 aromatic rings. The summed E-state index contributed by atoms with van der Waals surface area (Å²) in [6, 6.07) is 7.14. The number of nitrogens with two attached hydrogens (primary N) is 1. The predicted molar refractivity (Wildman–Crippen MR) is 119 cm³/mol. The van der Waals surface area contributed by atoms with E-state index in [9.17, 15) is 19.2 Å². The molecule has 0 aromatic heterocycles. The molecule has 1 aromatic carbocycles. The quantitative estimate of drug-likeness (QED) is 0.278. The fourth-order valence-corrected chi connectivity index (χ4v) is 4.53. The smallest absolute Gasteiger partial charge is 1.00 e. The van der Waals surface area contributed by atoms with E-state index in [0.29, 0.717) is 16.9 Å². The van der Waals surface area contributed by atoms with Gasteiger partial charge in [-0.1, -0.05) is 30.3 Å². The summed E-state index contributed by atoms with van der Waals surface area (Å²) in [4.78, 5) is 51.1. The van der Waals surface area contributed by atoms with Gasteiger partial charge in [0.2, 0.25) is 12.7 Å². The van der Waals surface area contributed by atoms with Crippen LogP contribution in [0.3, 0.4) is 0 Å². The van der Waals surface area contributed by atoms with Gasteiger partial charge >= 0.3 is 13.4 Å². The molecule has 3 rings (SSSR count). The number of nitrogens with zero attached hydrogens (tertiary/aromatic N) is 1. The maximum Gasteiger partial charge on any atom is 1.00 e. The maximum absolute atomic E-state index is 12.8. The van der Waals surface area contributed by atoms with Crippen LogP contribution in [0.2, 0.25) is 0 Å². The van der Waals surface area contributed by atoms with E-state index in [-0.39, 0.29) is 19.5 Å². The number of carbonyl (C=O) groups excluding carboxylic acids is 4. The van der Waals surface area contributed by atoms with Crippen LogP contribution >= 0.6 is 11.8 Å². The zero-order valence-corrected chi connectivity index (χ0v) is 20.4. The van der Waals surface area contributed by atoms with E-state index in [2.05, 4.69) is 5.32 Å². The Labute approximate surface area is 204 Å². The monoisotopic (exact) mass is 497 g/mol. The first-order valence-corrected chi connectivity index (χ1v) is 11.2. The van der Waals surface area contributed by atoms with Crippen molar-refractivity contribution in [2.24, 2.45) is 11.1 Å². The lowest BCUT2D eigenvalue weighted by Crippen LogP contribution is -3.00. The zero-order chi connectivity index (χ0) is 23.6. The second-order valence-electron chi connectivity index (χ2n) is 8.64. The Bertz CT molecular complexity index is 969. The Kier molecular flexibility index (Phi) is 8.56. The van der Waals surface area contributed by atoms with E-state index < -0.39 is 53.4 Å². The van der Waals surface area contributed by atoms with Crippen molar-refractivity contribution in [2.45, 2.75) is 45.2 Å². The average Bonchev–Trinajstić information content (AvgIpc) is 2.76. The molecule has 2 aliphatic rings. The zero-order valence-electron chi connectivity index (χ0n) is 19.8. The minimum absolute atomic E-state index is 0. The van der Waals surface area contributed by atoms with Gasteiger partial charge in [-0.05, 0) is 38.8 Å². The van der Waals surface area contributed by atoms with E-state index in [0.717, 1.165) is 0 Å². The van der Waals surface area contributed by atoms with Gasteiger partial charge in [0, 0.05) is 5.75 Å². The molecule has 0 saturated carbocycles. The minimum Gasteiger partial charge on any atom is -1.00 e. The highest BCUT2D eigenvalue weighted by atomic mass is 35.5. The van der Waals surface area contributed by atoms with Crippen LogP contribution in [-0.4, -0.2) is 52.6 Å². The maximum atomic E-state index is 12.8. The fraction of sp³-hybridized carbons (Fsp3) is 0.455. The lowest BCUT2D eigenvalue weighted by Gasteiger charge is -2.49. The van der Waals surface area contributed by atoms with Crippen molar-refractivity contribution < 1.29 is 42.5 Å². The predicted octanol–water partition coefficient (Wildman–Crippen LogP) is -1.43. The topological polar surface area (TPSA) is 128 Å². The number of halogens is 1. The van der Waals surface area contributed by atoms with E-state index >= 15 is 0 Å². The van der Waals surface area contributed by atoms with Gasteiger partial charge in [-0.15, -0.1) is 11.8 Å². The number of hydrogen-bond acceptors (Lipinski definition) is 8. The van der Waals surface area contributed by atoms with Gasteiger partial charge in [-0.25, -0.2) is 4.79 Å². The molecule has 3 atom stereocenters. The second kappa shape index (κ2) is 10.6. The van der Waals surface area contributed by atoms with Crippen LogP contribution < -0.4 is 23.5 Å². The van der Waals surface area contributed by atoms with Crippen molar-refractivity contribution in [3.8, 4) is 0 Å². The number of carbonyl (C=O) groups is 4. The molecule has 2 aliphatic heterocycles. The van der Waals surface area contributed by atoms with E-state index in [4.69, 9.17) is 15.2 Å². The van der Waals surface area contributed by atoms with E-state index in [1.54, 1.807) is 52.0 Å². The molecule has 0 spiro atoms. The normalized spacial score (nSPS) is 20.6. The van der Waals surface area contributed by atoms with E-state index in [1.807, 2.05) is 6.07 Å². The standard InChI is InChI=1S/C22H27N3O6S.ClH/c1-12-10-32-19-15(24-17(26)14(23)13-8-6-5-7-9-13)18(27)25(19)16(12)20(28)30-11-31-21(29)22(2,3)4;/h5-9,14-15,19H,10-11,23H2,1-4H3,(H,24,26);1H/t14?,15-,19-;/m1./s1. The largest absolute Gasteiger partial charge is 1.00 e. The van der Waals surface area contributed by atoms with Crippen LogP contribution in [0.15, 0.2) is 41.6 Å². The molecule has 1 saturated heterocycles. The van der Waals surface area contributed by atoms with Crippen molar-refractivity contribution in [1.29, 1.82) is 0 Å². The Hall–Kier alpha value is -2.56. The molecule has 0 bridgehead atoms. The Morgan fingerprint density at radius 1 is 1.24 bits per heavy atom.